The number of nitrogens with two attached hydrogens (primary N) is 1. The molecule has 30 heavy (non-hydrogen) atoms. The minimum absolute atomic E-state index is 0.139. The standard InChI is InChI=1S/C20H14Br2N6O2/c21-12-5-3-11(4-6-12)19(29)28-27-18-16(23)20(26-10-25-18)30-15-8-7-14(22)13-2-1-9-24-17(13)15/h1-10H,23H2,(H,28,29)(H,25,26,27). The summed E-state index contributed by atoms with van der Waals surface area (Å²) in [4.78, 5) is 24.8. The second kappa shape index (κ2) is 8.64. The normalized spacial score (nSPS) is 10.6. The molecular weight excluding hydrogens is 516 g/mol. The van der Waals surface area contributed by atoms with Crippen LogP contribution in [0, 0.1) is 0 Å². The van der Waals surface area contributed by atoms with Gasteiger partial charge in [0.1, 0.15) is 17.5 Å². The van der Waals surface area contributed by atoms with Crippen LogP contribution in [0.5, 0.6) is 11.6 Å². The van der Waals surface area contributed by atoms with Crippen LogP contribution >= 0.6 is 31.9 Å². The monoisotopic (exact) mass is 528 g/mol. The van der Waals surface area contributed by atoms with E-state index in [0.717, 1.165) is 14.3 Å². The number of amides is 1. The molecule has 8 nitrogen and oxygen atoms in total. The zero-order valence-electron chi connectivity index (χ0n) is 15.3. The number of halogens is 2. The van der Waals surface area contributed by atoms with Crippen molar-refractivity contribution in [1.82, 2.24) is 20.4 Å². The zero-order chi connectivity index (χ0) is 21.1. The van der Waals surface area contributed by atoms with Gasteiger partial charge in [-0.05, 0) is 42.5 Å². The summed E-state index contributed by atoms with van der Waals surface area (Å²) in [6.07, 6.45) is 2.96. The zero-order valence-corrected chi connectivity index (χ0v) is 18.4. The third-order valence-electron chi connectivity index (χ3n) is 4.13. The fourth-order valence-electron chi connectivity index (χ4n) is 2.65. The van der Waals surface area contributed by atoms with E-state index in [-0.39, 0.29) is 23.3 Å². The van der Waals surface area contributed by atoms with Crippen molar-refractivity contribution >= 4 is 60.2 Å². The average Bonchev–Trinajstić information content (AvgIpc) is 2.76. The van der Waals surface area contributed by atoms with Gasteiger partial charge in [0.15, 0.2) is 11.6 Å². The number of rotatable bonds is 5. The van der Waals surface area contributed by atoms with Crippen LogP contribution in [0.25, 0.3) is 10.9 Å². The summed E-state index contributed by atoms with van der Waals surface area (Å²) in [5.41, 5.74) is 12.7. The Morgan fingerprint density at radius 2 is 1.80 bits per heavy atom. The number of nitrogens with zero attached hydrogens (tertiary/aromatic N) is 3. The molecule has 0 atom stereocenters. The van der Waals surface area contributed by atoms with E-state index in [1.54, 1.807) is 36.5 Å². The summed E-state index contributed by atoms with van der Waals surface area (Å²) in [5, 5.41) is 0.891. The van der Waals surface area contributed by atoms with Gasteiger partial charge < -0.3 is 10.5 Å². The Morgan fingerprint density at radius 1 is 1.00 bits per heavy atom. The second-order valence-electron chi connectivity index (χ2n) is 6.07. The molecule has 150 valence electrons. The van der Waals surface area contributed by atoms with Crippen molar-refractivity contribution in [1.29, 1.82) is 0 Å². The molecule has 2 aromatic carbocycles. The fraction of sp³-hybridized carbons (Fsp3) is 0. The Morgan fingerprint density at radius 3 is 2.60 bits per heavy atom. The van der Waals surface area contributed by atoms with Crippen LogP contribution in [0.15, 0.2) is 70.0 Å². The lowest BCUT2D eigenvalue weighted by Crippen LogP contribution is -2.30. The third kappa shape index (κ3) is 4.19. The lowest BCUT2D eigenvalue weighted by Gasteiger charge is -2.13. The van der Waals surface area contributed by atoms with Crippen molar-refractivity contribution in [2.45, 2.75) is 0 Å². The predicted octanol–water partition coefficient (Wildman–Crippen LogP) is 4.68. The summed E-state index contributed by atoms with van der Waals surface area (Å²) in [5.74, 6) is 0.495. The number of pyridine rings is 1. The number of benzene rings is 2. The van der Waals surface area contributed by atoms with Gasteiger partial charge in [-0.3, -0.25) is 20.6 Å². The number of carbonyl (C=O) groups excluding carboxylic acids is 1. The summed E-state index contributed by atoms with van der Waals surface area (Å²) in [7, 11) is 0. The highest BCUT2D eigenvalue weighted by molar-refractivity contribution is 9.11. The van der Waals surface area contributed by atoms with Gasteiger partial charge in [0.05, 0.1) is 0 Å². The second-order valence-corrected chi connectivity index (χ2v) is 7.84. The van der Waals surface area contributed by atoms with E-state index in [9.17, 15) is 4.79 Å². The molecule has 0 bridgehead atoms. The first kappa shape index (κ1) is 20.0. The fourth-order valence-corrected chi connectivity index (χ4v) is 3.36. The van der Waals surface area contributed by atoms with Crippen LogP contribution < -0.4 is 21.3 Å². The minimum Gasteiger partial charge on any atom is -0.435 e. The Hall–Kier alpha value is -3.24. The smallest absolute Gasteiger partial charge is 0.269 e. The van der Waals surface area contributed by atoms with Crippen LogP contribution in [0.2, 0.25) is 0 Å². The van der Waals surface area contributed by atoms with E-state index in [1.807, 2.05) is 18.2 Å². The van der Waals surface area contributed by atoms with E-state index in [4.69, 9.17) is 10.5 Å². The minimum atomic E-state index is -0.342. The van der Waals surface area contributed by atoms with Crippen LogP contribution in [0.3, 0.4) is 0 Å². The molecule has 0 spiro atoms. The van der Waals surface area contributed by atoms with Crippen molar-refractivity contribution in [3.05, 3.63) is 75.6 Å². The first-order valence-corrected chi connectivity index (χ1v) is 10.2. The first-order chi connectivity index (χ1) is 14.5. The number of hydrogen-bond acceptors (Lipinski definition) is 7. The number of anilines is 2. The molecule has 1 amide bonds. The number of fused-ring (bicyclic) bond motifs is 1. The lowest BCUT2D eigenvalue weighted by molar-refractivity contribution is 0.0962. The molecule has 4 aromatic rings. The molecule has 0 saturated heterocycles. The molecule has 0 aliphatic carbocycles. The van der Waals surface area contributed by atoms with Gasteiger partial charge >= 0.3 is 0 Å². The van der Waals surface area contributed by atoms with Crippen molar-refractivity contribution in [2.24, 2.45) is 0 Å². The summed E-state index contributed by atoms with van der Waals surface area (Å²) >= 11 is 6.83. The lowest BCUT2D eigenvalue weighted by atomic mass is 10.2. The molecule has 4 N–H and O–H groups in total. The van der Waals surface area contributed by atoms with Crippen molar-refractivity contribution < 1.29 is 9.53 Å². The summed E-state index contributed by atoms with van der Waals surface area (Å²) in [6, 6.07) is 14.3. The Labute approximate surface area is 188 Å². The number of hydrazine groups is 1. The molecule has 0 radical (unpaired) electrons. The summed E-state index contributed by atoms with van der Waals surface area (Å²) in [6.45, 7) is 0. The quantitative estimate of drug-likeness (QED) is 0.321. The van der Waals surface area contributed by atoms with Crippen LogP contribution in [0.1, 0.15) is 10.4 Å². The van der Waals surface area contributed by atoms with Gasteiger partial charge in [0.25, 0.3) is 5.91 Å². The summed E-state index contributed by atoms with van der Waals surface area (Å²) < 4.78 is 7.68. The number of carbonyl (C=O) groups is 1. The van der Waals surface area contributed by atoms with Crippen molar-refractivity contribution in [3.63, 3.8) is 0 Å². The van der Waals surface area contributed by atoms with Gasteiger partial charge in [0.2, 0.25) is 5.88 Å². The molecule has 0 unspecified atom stereocenters. The number of ether oxygens (including phenoxy) is 1. The molecule has 2 heterocycles. The molecule has 0 fully saturated rings. The molecule has 0 aliphatic heterocycles. The van der Waals surface area contributed by atoms with Gasteiger partial charge in [-0.15, -0.1) is 0 Å². The van der Waals surface area contributed by atoms with E-state index < -0.39 is 0 Å². The first-order valence-electron chi connectivity index (χ1n) is 8.66. The topological polar surface area (TPSA) is 115 Å². The SMILES string of the molecule is Nc1c(NNC(=O)c2ccc(Br)cc2)ncnc1Oc1ccc(Br)c2cccnc12. The maximum absolute atomic E-state index is 12.3. The molecule has 2 aromatic heterocycles. The number of hydrogen-bond donors (Lipinski definition) is 3. The molecule has 0 saturated carbocycles. The van der Waals surface area contributed by atoms with Crippen LogP contribution in [-0.4, -0.2) is 20.9 Å². The number of aromatic nitrogens is 3. The predicted molar refractivity (Wildman–Crippen MR) is 121 cm³/mol. The van der Waals surface area contributed by atoms with Gasteiger partial charge in [-0.25, -0.2) is 4.98 Å². The van der Waals surface area contributed by atoms with E-state index in [1.165, 1.54) is 6.33 Å². The Bertz CT molecular complexity index is 1230. The molecule has 0 aliphatic rings. The van der Waals surface area contributed by atoms with Crippen LogP contribution in [0.4, 0.5) is 11.5 Å². The molecule has 10 heteroatoms. The highest BCUT2D eigenvalue weighted by Crippen LogP contribution is 2.35. The Kier molecular flexibility index (Phi) is 5.77. The maximum atomic E-state index is 12.3. The number of nitrogens with one attached hydrogen (secondary N) is 2. The molecule has 4 rings (SSSR count). The highest BCUT2D eigenvalue weighted by Gasteiger charge is 2.14. The van der Waals surface area contributed by atoms with Crippen molar-refractivity contribution in [3.8, 4) is 11.6 Å². The Balaban J connectivity index is 1.54. The van der Waals surface area contributed by atoms with Gasteiger partial charge in [-0.2, -0.15) is 4.98 Å². The number of nitrogen functional groups attached to an aromatic ring is 1. The van der Waals surface area contributed by atoms with E-state index in [2.05, 4.69) is 57.7 Å². The van der Waals surface area contributed by atoms with E-state index >= 15 is 0 Å². The van der Waals surface area contributed by atoms with Gasteiger partial charge in [0, 0.05) is 26.1 Å². The molecular formula is C20H14Br2N6O2. The van der Waals surface area contributed by atoms with Crippen molar-refractivity contribution in [2.75, 3.05) is 11.2 Å². The van der Waals surface area contributed by atoms with Gasteiger partial charge in [-0.1, -0.05) is 37.9 Å². The largest absolute Gasteiger partial charge is 0.435 e. The maximum Gasteiger partial charge on any atom is 0.269 e. The average molecular weight is 530 g/mol. The third-order valence-corrected chi connectivity index (χ3v) is 5.35. The van der Waals surface area contributed by atoms with E-state index in [0.29, 0.717) is 16.8 Å². The highest BCUT2D eigenvalue weighted by atomic mass is 79.9. The van der Waals surface area contributed by atoms with Crippen LogP contribution in [-0.2, 0) is 0 Å².